The van der Waals surface area contributed by atoms with Crippen LogP contribution in [0.3, 0.4) is 0 Å². The first-order valence-corrected chi connectivity index (χ1v) is 5.37. The number of hydrogen-bond acceptors (Lipinski definition) is 4. The number of carbonyl (C=O) groups is 2. The maximum atomic E-state index is 11.6. The van der Waals surface area contributed by atoms with Gasteiger partial charge in [-0.05, 0) is 12.1 Å². The van der Waals surface area contributed by atoms with Crippen LogP contribution >= 0.6 is 12.6 Å². The Labute approximate surface area is 98.8 Å². The summed E-state index contributed by atoms with van der Waals surface area (Å²) in [4.78, 5) is 26.2. The second kappa shape index (κ2) is 6.12. The van der Waals surface area contributed by atoms with Gasteiger partial charge in [-0.3, -0.25) is 14.6 Å². The molecule has 1 unspecified atom stereocenters. The number of hydrogen-bond donors (Lipinski definition) is 3. The third-order valence-electron chi connectivity index (χ3n) is 1.90. The molecule has 0 saturated carbocycles. The van der Waals surface area contributed by atoms with Crippen LogP contribution in [0.5, 0.6) is 0 Å². The molecule has 0 spiro atoms. The Hall–Kier alpha value is -1.56. The van der Waals surface area contributed by atoms with Crippen LogP contribution in [0.4, 0.5) is 0 Å². The summed E-state index contributed by atoms with van der Waals surface area (Å²) in [6.45, 7) is 0. The van der Waals surface area contributed by atoms with Crippen molar-refractivity contribution in [3.05, 3.63) is 30.1 Å². The van der Waals surface area contributed by atoms with Crippen molar-refractivity contribution < 1.29 is 9.59 Å². The fourth-order valence-electron chi connectivity index (χ4n) is 1.16. The van der Waals surface area contributed by atoms with Gasteiger partial charge in [0.1, 0.15) is 5.69 Å². The minimum atomic E-state index is -0.472. The van der Waals surface area contributed by atoms with Crippen molar-refractivity contribution in [2.24, 2.45) is 5.73 Å². The lowest BCUT2D eigenvalue weighted by Crippen LogP contribution is -2.39. The third kappa shape index (κ3) is 3.90. The molecule has 1 aromatic heterocycles. The van der Waals surface area contributed by atoms with E-state index in [2.05, 4.69) is 22.9 Å². The van der Waals surface area contributed by atoms with Crippen LogP contribution in [-0.2, 0) is 4.79 Å². The first-order chi connectivity index (χ1) is 7.63. The van der Waals surface area contributed by atoms with Gasteiger partial charge in [0.15, 0.2) is 0 Å². The van der Waals surface area contributed by atoms with E-state index in [0.29, 0.717) is 11.4 Å². The van der Waals surface area contributed by atoms with Gasteiger partial charge in [-0.25, -0.2) is 0 Å². The molecule has 0 aliphatic heterocycles. The lowest BCUT2D eigenvalue weighted by molar-refractivity contribution is -0.118. The van der Waals surface area contributed by atoms with Crippen molar-refractivity contribution in [3.63, 3.8) is 0 Å². The highest BCUT2D eigenvalue weighted by Gasteiger charge is 2.14. The fraction of sp³-hybridized carbons (Fsp3) is 0.300. The van der Waals surface area contributed by atoms with Crippen LogP contribution in [0.2, 0.25) is 0 Å². The number of nitrogens with zero attached hydrogens (tertiary/aromatic N) is 1. The highest BCUT2D eigenvalue weighted by molar-refractivity contribution is 7.80. The normalized spacial score (nSPS) is 11.8. The molecule has 1 atom stereocenters. The minimum Gasteiger partial charge on any atom is -0.370 e. The molecular weight excluding hydrogens is 226 g/mol. The van der Waals surface area contributed by atoms with E-state index in [1.54, 1.807) is 18.2 Å². The summed E-state index contributed by atoms with van der Waals surface area (Å²) in [6, 6.07) is 4.66. The smallest absolute Gasteiger partial charge is 0.270 e. The second-order valence-corrected chi connectivity index (χ2v) is 3.60. The van der Waals surface area contributed by atoms with Crippen molar-refractivity contribution in [2.75, 3.05) is 5.75 Å². The fourth-order valence-corrected chi connectivity index (χ4v) is 1.38. The predicted molar refractivity (Wildman–Crippen MR) is 63.2 cm³/mol. The molecule has 0 aliphatic rings. The summed E-state index contributed by atoms with van der Waals surface area (Å²) in [6.07, 6.45) is 1.60. The van der Waals surface area contributed by atoms with E-state index in [9.17, 15) is 9.59 Å². The Bertz CT molecular complexity index is 370. The Kier molecular flexibility index (Phi) is 4.78. The van der Waals surface area contributed by atoms with Gasteiger partial charge in [0.05, 0.1) is 0 Å². The van der Waals surface area contributed by atoms with Crippen LogP contribution in [-0.4, -0.2) is 28.6 Å². The molecule has 1 aromatic rings. The number of aromatic nitrogens is 1. The standard InChI is InChI=1S/C10H13N3O2S/c11-9(14)5-7(6-16)13-10(15)8-3-1-2-4-12-8/h1-4,7,16H,5-6H2,(H2,11,14)(H,13,15). The Morgan fingerprint density at radius 3 is 2.75 bits per heavy atom. The van der Waals surface area contributed by atoms with E-state index in [1.165, 1.54) is 6.20 Å². The average Bonchev–Trinajstić information content (AvgIpc) is 2.28. The molecule has 1 rings (SSSR count). The molecule has 0 saturated heterocycles. The largest absolute Gasteiger partial charge is 0.370 e. The van der Waals surface area contributed by atoms with Gasteiger partial charge < -0.3 is 11.1 Å². The van der Waals surface area contributed by atoms with E-state index in [-0.39, 0.29) is 18.4 Å². The molecule has 2 amide bonds. The van der Waals surface area contributed by atoms with Gasteiger partial charge in [-0.2, -0.15) is 12.6 Å². The van der Waals surface area contributed by atoms with Crippen LogP contribution < -0.4 is 11.1 Å². The van der Waals surface area contributed by atoms with Crippen molar-refractivity contribution in [1.82, 2.24) is 10.3 Å². The zero-order valence-corrected chi connectivity index (χ0v) is 9.48. The average molecular weight is 239 g/mol. The summed E-state index contributed by atoms with van der Waals surface area (Å²) >= 11 is 4.03. The number of nitrogens with two attached hydrogens (primary N) is 1. The van der Waals surface area contributed by atoms with Gasteiger partial charge >= 0.3 is 0 Å². The highest BCUT2D eigenvalue weighted by atomic mass is 32.1. The second-order valence-electron chi connectivity index (χ2n) is 3.24. The van der Waals surface area contributed by atoms with Crippen molar-refractivity contribution in [2.45, 2.75) is 12.5 Å². The molecule has 0 fully saturated rings. The summed E-state index contributed by atoms with van der Waals surface area (Å²) in [7, 11) is 0. The van der Waals surface area contributed by atoms with Crippen LogP contribution in [0.1, 0.15) is 16.9 Å². The van der Waals surface area contributed by atoms with Crippen LogP contribution in [0, 0.1) is 0 Å². The Balaban J connectivity index is 2.59. The number of nitrogens with one attached hydrogen (secondary N) is 1. The molecule has 16 heavy (non-hydrogen) atoms. The molecule has 6 heteroatoms. The monoisotopic (exact) mass is 239 g/mol. The maximum absolute atomic E-state index is 11.6. The van der Waals surface area contributed by atoms with E-state index < -0.39 is 5.91 Å². The van der Waals surface area contributed by atoms with Crippen molar-refractivity contribution >= 4 is 24.4 Å². The van der Waals surface area contributed by atoms with Crippen LogP contribution in [0.25, 0.3) is 0 Å². The van der Waals surface area contributed by atoms with E-state index in [0.717, 1.165) is 0 Å². The lowest BCUT2D eigenvalue weighted by atomic mass is 10.2. The quantitative estimate of drug-likeness (QED) is 0.631. The summed E-state index contributed by atoms with van der Waals surface area (Å²) in [5.74, 6) is -0.456. The molecule has 1 heterocycles. The molecular formula is C10H13N3O2S. The van der Waals surface area contributed by atoms with Gasteiger partial charge in [0, 0.05) is 24.4 Å². The number of rotatable bonds is 5. The SMILES string of the molecule is NC(=O)CC(CS)NC(=O)c1ccccn1. The van der Waals surface area contributed by atoms with Gasteiger partial charge in [-0.15, -0.1) is 0 Å². The van der Waals surface area contributed by atoms with Crippen molar-refractivity contribution in [1.29, 1.82) is 0 Å². The Morgan fingerprint density at radius 1 is 1.50 bits per heavy atom. The Morgan fingerprint density at radius 2 is 2.25 bits per heavy atom. The van der Waals surface area contributed by atoms with E-state index in [1.807, 2.05) is 0 Å². The third-order valence-corrected chi connectivity index (χ3v) is 2.34. The zero-order chi connectivity index (χ0) is 12.0. The van der Waals surface area contributed by atoms with Crippen molar-refractivity contribution in [3.8, 4) is 0 Å². The number of thiol groups is 1. The first kappa shape index (κ1) is 12.5. The number of carbonyl (C=O) groups excluding carboxylic acids is 2. The number of pyridine rings is 1. The molecule has 0 aromatic carbocycles. The topological polar surface area (TPSA) is 85.1 Å². The van der Waals surface area contributed by atoms with Gasteiger partial charge in [0.2, 0.25) is 5.91 Å². The van der Waals surface area contributed by atoms with Crippen LogP contribution in [0.15, 0.2) is 24.4 Å². The van der Waals surface area contributed by atoms with Gasteiger partial charge in [0.25, 0.3) is 5.91 Å². The zero-order valence-electron chi connectivity index (χ0n) is 8.59. The molecule has 5 nitrogen and oxygen atoms in total. The molecule has 3 N–H and O–H groups in total. The van der Waals surface area contributed by atoms with E-state index >= 15 is 0 Å². The number of primary amides is 1. The minimum absolute atomic E-state index is 0.0715. The highest BCUT2D eigenvalue weighted by Crippen LogP contribution is 1.98. The summed E-state index contributed by atoms with van der Waals surface area (Å²) < 4.78 is 0. The lowest BCUT2D eigenvalue weighted by Gasteiger charge is -2.14. The molecule has 86 valence electrons. The summed E-state index contributed by atoms with van der Waals surface area (Å²) in [5, 5.41) is 2.64. The maximum Gasteiger partial charge on any atom is 0.270 e. The predicted octanol–water partition coefficient (Wildman–Crippen LogP) is -0.0148. The first-order valence-electron chi connectivity index (χ1n) is 4.74. The number of amides is 2. The molecule has 0 bridgehead atoms. The summed E-state index contributed by atoms with van der Waals surface area (Å²) in [5.41, 5.74) is 5.35. The molecule has 0 aliphatic carbocycles. The molecule has 0 radical (unpaired) electrons. The van der Waals surface area contributed by atoms with E-state index in [4.69, 9.17) is 5.73 Å². The van der Waals surface area contributed by atoms with Gasteiger partial charge in [-0.1, -0.05) is 6.07 Å².